The normalized spacial score (nSPS) is 19.2. The van der Waals surface area contributed by atoms with Crippen molar-refractivity contribution in [3.05, 3.63) is 68.3 Å². The van der Waals surface area contributed by atoms with Crippen molar-refractivity contribution in [2.24, 2.45) is 0 Å². The molecule has 5 rings (SSSR count). The van der Waals surface area contributed by atoms with Gasteiger partial charge in [-0.3, -0.25) is 19.2 Å². The zero-order valence-corrected chi connectivity index (χ0v) is 22.2. The topological polar surface area (TPSA) is 174 Å². The molecule has 3 aromatic rings. The van der Waals surface area contributed by atoms with Gasteiger partial charge in [0.25, 0.3) is 0 Å². The largest absolute Gasteiger partial charge is 0.507 e. The van der Waals surface area contributed by atoms with E-state index in [9.17, 15) is 29.4 Å². The molecule has 200 valence electrons. The van der Waals surface area contributed by atoms with Crippen LogP contribution in [0, 0.1) is 6.92 Å². The predicted octanol–water partition coefficient (Wildman–Crippen LogP) is 2.29. The third-order valence-corrected chi connectivity index (χ3v) is 7.67. The zero-order chi connectivity index (χ0) is 28.2. The second-order valence-corrected chi connectivity index (χ2v) is 10.3. The van der Waals surface area contributed by atoms with Gasteiger partial charge in [-0.15, -0.1) is 16.4 Å². The average Bonchev–Trinajstić information content (AvgIpc) is 3.62. The maximum absolute atomic E-state index is 13.8. The molecule has 2 aromatic heterocycles. The van der Waals surface area contributed by atoms with Gasteiger partial charge in [-0.05, 0) is 27.7 Å². The van der Waals surface area contributed by atoms with Gasteiger partial charge in [-0.2, -0.15) is 0 Å². The number of nitrogens with one attached hydrogen (secondary N) is 1. The highest BCUT2D eigenvalue weighted by Gasteiger charge is 2.56. The molecule has 1 atom stereocenters. The molecular weight excluding hydrogens is 526 g/mol. The minimum absolute atomic E-state index is 0.0184. The number of hydrogen-bond donors (Lipinski definition) is 3. The summed E-state index contributed by atoms with van der Waals surface area (Å²) in [7, 11) is 0. The highest BCUT2D eigenvalue weighted by atomic mass is 32.1. The Morgan fingerprint density at radius 2 is 1.95 bits per heavy atom. The van der Waals surface area contributed by atoms with Crippen molar-refractivity contribution in [3.63, 3.8) is 0 Å². The van der Waals surface area contributed by atoms with Crippen LogP contribution in [0.1, 0.15) is 57.8 Å². The van der Waals surface area contributed by atoms with E-state index >= 15 is 0 Å². The number of ketones is 4. The number of fused-ring (bicyclic) bond motifs is 3. The number of phenolic OH excluding ortho intramolecular Hbond substituents is 2. The summed E-state index contributed by atoms with van der Waals surface area (Å²) < 4.78 is 7.14. The van der Waals surface area contributed by atoms with Crippen molar-refractivity contribution in [3.8, 4) is 17.2 Å². The quantitative estimate of drug-likeness (QED) is 0.224. The molecule has 0 spiro atoms. The van der Waals surface area contributed by atoms with Crippen LogP contribution in [-0.2, 0) is 28.1 Å². The van der Waals surface area contributed by atoms with Crippen LogP contribution in [0.4, 0.5) is 0 Å². The molecule has 0 fully saturated rings. The Bertz CT molecular complexity index is 1650. The minimum atomic E-state index is -1.60. The number of nitrogens with zero attached hydrogens (tertiary/aromatic N) is 4. The van der Waals surface area contributed by atoms with E-state index in [1.54, 1.807) is 24.7 Å². The number of benzene rings is 1. The molecule has 3 N–H and O–H groups in total. The molecule has 2 aliphatic rings. The lowest BCUT2D eigenvalue weighted by Gasteiger charge is -2.29. The molecule has 0 amide bonds. The summed E-state index contributed by atoms with van der Waals surface area (Å²) in [6.45, 7) is 5.77. The maximum atomic E-state index is 13.8. The Morgan fingerprint density at radius 1 is 1.21 bits per heavy atom. The molecule has 39 heavy (non-hydrogen) atoms. The van der Waals surface area contributed by atoms with Crippen molar-refractivity contribution in [2.45, 2.75) is 46.2 Å². The Kier molecular flexibility index (Phi) is 6.18. The van der Waals surface area contributed by atoms with Crippen molar-refractivity contribution in [2.75, 3.05) is 0 Å². The van der Waals surface area contributed by atoms with Crippen LogP contribution >= 0.6 is 11.3 Å². The van der Waals surface area contributed by atoms with Crippen LogP contribution in [0.5, 0.6) is 17.2 Å². The molecule has 1 aliphatic carbocycles. The van der Waals surface area contributed by atoms with E-state index in [2.05, 4.69) is 20.6 Å². The molecule has 1 aromatic carbocycles. The summed E-state index contributed by atoms with van der Waals surface area (Å²) in [4.78, 5) is 55.4. The van der Waals surface area contributed by atoms with Gasteiger partial charge in [-0.25, -0.2) is 9.67 Å². The van der Waals surface area contributed by atoms with Gasteiger partial charge >= 0.3 is 0 Å². The summed E-state index contributed by atoms with van der Waals surface area (Å²) in [6, 6.07) is 0. The molecule has 12 nitrogen and oxygen atoms in total. The summed E-state index contributed by atoms with van der Waals surface area (Å²) >= 11 is 1.23. The van der Waals surface area contributed by atoms with Gasteiger partial charge in [-0.1, -0.05) is 5.21 Å². The first-order valence-corrected chi connectivity index (χ1v) is 12.7. The lowest BCUT2D eigenvalue weighted by molar-refractivity contribution is -0.123. The smallest absolute Gasteiger partial charge is 0.212 e. The molecule has 3 heterocycles. The minimum Gasteiger partial charge on any atom is -0.507 e. The first-order chi connectivity index (χ1) is 18.4. The Morgan fingerprint density at radius 3 is 2.62 bits per heavy atom. The number of Topliss-reactive ketones (excluding diaryl/α,β-unsaturated/α-hetero) is 3. The van der Waals surface area contributed by atoms with E-state index in [1.807, 2.05) is 0 Å². The van der Waals surface area contributed by atoms with E-state index in [4.69, 9.17) is 4.74 Å². The Hall–Kier alpha value is -4.65. The molecule has 13 heteroatoms. The van der Waals surface area contributed by atoms with Gasteiger partial charge in [0.2, 0.25) is 5.78 Å². The highest BCUT2D eigenvalue weighted by molar-refractivity contribution is 7.11. The number of ether oxygens (including phenoxy) is 1. The fraction of sp³-hybridized carbons (Fsp3) is 0.269. The Balaban J connectivity index is 1.43. The van der Waals surface area contributed by atoms with Crippen molar-refractivity contribution in [1.29, 1.82) is 0 Å². The van der Waals surface area contributed by atoms with Crippen molar-refractivity contribution < 1.29 is 34.1 Å². The van der Waals surface area contributed by atoms with Crippen LogP contribution in [0.15, 0.2) is 40.9 Å². The van der Waals surface area contributed by atoms with E-state index < -0.39 is 34.3 Å². The number of aromatic nitrogens is 4. The summed E-state index contributed by atoms with van der Waals surface area (Å²) in [5, 5.41) is 34.4. The van der Waals surface area contributed by atoms with E-state index in [0.717, 1.165) is 6.08 Å². The van der Waals surface area contributed by atoms with Gasteiger partial charge in [0.05, 0.1) is 23.9 Å². The van der Waals surface area contributed by atoms with E-state index in [1.165, 1.54) is 36.8 Å². The second kappa shape index (κ2) is 9.27. The molecular formula is C26H23N5O7S. The number of hydrogen-bond acceptors (Lipinski definition) is 12. The lowest BCUT2D eigenvalue weighted by atomic mass is 9.70. The van der Waals surface area contributed by atoms with Crippen molar-refractivity contribution in [1.82, 2.24) is 25.3 Å². The fourth-order valence-electron chi connectivity index (χ4n) is 4.75. The van der Waals surface area contributed by atoms with Crippen LogP contribution in [0.25, 0.3) is 0 Å². The van der Waals surface area contributed by atoms with E-state index in [-0.39, 0.29) is 58.3 Å². The van der Waals surface area contributed by atoms with E-state index in [0.29, 0.717) is 10.7 Å². The van der Waals surface area contributed by atoms with Crippen LogP contribution in [0.3, 0.4) is 0 Å². The number of thiazole rings is 1. The van der Waals surface area contributed by atoms with Crippen LogP contribution < -0.4 is 10.1 Å². The highest BCUT2D eigenvalue weighted by Crippen LogP contribution is 2.57. The zero-order valence-electron chi connectivity index (χ0n) is 21.4. The van der Waals surface area contributed by atoms with Crippen LogP contribution in [0.2, 0.25) is 0 Å². The molecule has 1 aliphatic heterocycles. The molecule has 0 saturated heterocycles. The average molecular weight is 550 g/mol. The number of phenols is 2. The number of carbonyl (C=O) groups excluding carboxylic acids is 4. The number of aromatic hydroxyl groups is 2. The van der Waals surface area contributed by atoms with Crippen LogP contribution in [-0.4, -0.2) is 53.3 Å². The molecule has 1 unspecified atom stereocenters. The standard InChI is InChI=1S/C26H23N5O7S/c1-11-21(35)19(13(3)32)23-20(22(11)36)26(4)17(38-23)7-15(33)18(24(26)37)12(2)28-8-14-9-31(30-29-14)10-16(34)25-27-5-6-39-25/h5-7,9,28,35-36H,8,10H2,1-4H3/b18-12+. The van der Waals surface area contributed by atoms with Gasteiger partial charge in [0, 0.05) is 28.9 Å². The fourth-order valence-corrected chi connectivity index (χ4v) is 5.32. The lowest BCUT2D eigenvalue weighted by Crippen LogP contribution is -2.41. The third-order valence-electron chi connectivity index (χ3n) is 6.86. The molecule has 0 bridgehead atoms. The second-order valence-electron chi connectivity index (χ2n) is 9.41. The third kappa shape index (κ3) is 4.02. The maximum Gasteiger partial charge on any atom is 0.212 e. The monoisotopic (exact) mass is 549 g/mol. The van der Waals surface area contributed by atoms with Gasteiger partial charge in [0.1, 0.15) is 46.2 Å². The predicted molar refractivity (Wildman–Crippen MR) is 137 cm³/mol. The summed E-state index contributed by atoms with van der Waals surface area (Å²) in [5.41, 5.74) is -1.17. The number of allylic oxidation sites excluding steroid dienone is 4. The summed E-state index contributed by atoms with van der Waals surface area (Å²) in [5.74, 6) is -3.02. The number of rotatable bonds is 7. The number of carbonyl (C=O) groups is 4. The Labute approximate surface area is 225 Å². The summed E-state index contributed by atoms with van der Waals surface area (Å²) in [6.07, 6.45) is 4.26. The first kappa shape index (κ1) is 26.0. The van der Waals surface area contributed by atoms with Gasteiger partial charge < -0.3 is 20.3 Å². The molecule has 0 saturated carbocycles. The SMILES string of the molecule is CC(=O)c1c(O)c(C)c(O)c2c1OC1=CC(=O)/C(=C(/C)NCc3cn(CC(=O)c4nccs4)nn3)C(=O)C12C. The molecule has 0 radical (unpaired) electrons. The van der Waals surface area contributed by atoms with Gasteiger partial charge in [0.15, 0.2) is 22.4 Å². The van der Waals surface area contributed by atoms with Crippen molar-refractivity contribution >= 4 is 34.5 Å². The first-order valence-electron chi connectivity index (χ1n) is 11.8.